The summed E-state index contributed by atoms with van der Waals surface area (Å²) in [7, 11) is 0. The Morgan fingerprint density at radius 1 is 1.56 bits per heavy atom. The van der Waals surface area contributed by atoms with Crippen molar-refractivity contribution in [2.75, 3.05) is 19.6 Å². The smallest absolute Gasteiger partial charge is 0.318 e. The third-order valence-corrected chi connectivity index (χ3v) is 3.39. The van der Waals surface area contributed by atoms with E-state index in [0.717, 1.165) is 12.8 Å². The van der Waals surface area contributed by atoms with E-state index in [1.54, 1.807) is 4.90 Å². The number of carbonyl (C=O) groups is 2. The van der Waals surface area contributed by atoms with Gasteiger partial charge in [0.15, 0.2) is 0 Å². The van der Waals surface area contributed by atoms with E-state index >= 15 is 0 Å². The summed E-state index contributed by atoms with van der Waals surface area (Å²) in [5, 5.41) is 12.0. The highest BCUT2D eigenvalue weighted by Gasteiger charge is 2.42. The maximum atomic E-state index is 11.8. The number of terminal acetylenes is 1. The SMILES string of the molecule is C#CCNC(=O)N1CCCC(CCC)(C(=O)O)C1. The van der Waals surface area contributed by atoms with Gasteiger partial charge >= 0.3 is 12.0 Å². The van der Waals surface area contributed by atoms with Crippen LogP contribution in [0.2, 0.25) is 0 Å². The number of amides is 2. The largest absolute Gasteiger partial charge is 0.481 e. The molecule has 1 atom stereocenters. The number of urea groups is 1. The van der Waals surface area contributed by atoms with Crippen molar-refractivity contribution in [2.24, 2.45) is 5.41 Å². The minimum Gasteiger partial charge on any atom is -0.481 e. The molecule has 1 rings (SSSR count). The molecular formula is C13H20N2O3. The Balaban J connectivity index is 2.72. The van der Waals surface area contributed by atoms with Crippen LogP contribution in [0.3, 0.4) is 0 Å². The number of carboxylic acids is 1. The fourth-order valence-corrected chi connectivity index (χ4v) is 2.51. The van der Waals surface area contributed by atoms with Gasteiger partial charge in [-0.25, -0.2) is 4.79 Å². The van der Waals surface area contributed by atoms with Gasteiger partial charge in [0.25, 0.3) is 0 Å². The Morgan fingerprint density at radius 3 is 2.83 bits per heavy atom. The average Bonchev–Trinajstić information content (AvgIpc) is 2.36. The highest BCUT2D eigenvalue weighted by molar-refractivity contribution is 5.78. The molecule has 1 unspecified atom stereocenters. The highest BCUT2D eigenvalue weighted by atomic mass is 16.4. The van der Waals surface area contributed by atoms with Crippen molar-refractivity contribution in [3.63, 3.8) is 0 Å². The summed E-state index contributed by atoms with van der Waals surface area (Å²) in [5.41, 5.74) is -0.791. The second-order valence-corrected chi connectivity index (χ2v) is 4.72. The normalized spacial score (nSPS) is 23.2. The van der Waals surface area contributed by atoms with E-state index in [0.29, 0.717) is 19.4 Å². The van der Waals surface area contributed by atoms with Crippen LogP contribution in [0.1, 0.15) is 32.6 Å². The number of nitrogens with one attached hydrogen (secondary N) is 1. The second-order valence-electron chi connectivity index (χ2n) is 4.72. The number of hydrogen-bond acceptors (Lipinski definition) is 2. The van der Waals surface area contributed by atoms with Gasteiger partial charge in [0.2, 0.25) is 0 Å². The lowest BCUT2D eigenvalue weighted by Gasteiger charge is -2.39. The molecule has 1 fully saturated rings. The Bertz CT molecular complexity index is 358. The van der Waals surface area contributed by atoms with Gasteiger partial charge < -0.3 is 15.3 Å². The van der Waals surface area contributed by atoms with Gasteiger partial charge in [0, 0.05) is 13.1 Å². The quantitative estimate of drug-likeness (QED) is 0.741. The molecule has 0 aromatic rings. The van der Waals surface area contributed by atoms with E-state index in [2.05, 4.69) is 11.2 Å². The Kier molecular flexibility index (Phi) is 5.02. The molecule has 0 aromatic carbocycles. The molecule has 2 N–H and O–H groups in total. The summed E-state index contributed by atoms with van der Waals surface area (Å²) in [5.74, 6) is 1.52. The zero-order valence-corrected chi connectivity index (χ0v) is 10.7. The molecule has 0 aliphatic carbocycles. The predicted molar refractivity (Wildman–Crippen MR) is 68.0 cm³/mol. The van der Waals surface area contributed by atoms with Crippen LogP contribution in [0.4, 0.5) is 4.79 Å². The van der Waals surface area contributed by atoms with Gasteiger partial charge in [-0.15, -0.1) is 6.42 Å². The van der Waals surface area contributed by atoms with Crippen LogP contribution in [0.15, 0.2) is 0 Å². The number of likely N-dealkylation sites (tertiary alicyclic amines) is 1. The number of aliphatic carboxylic acids is 1. The maximum Gasteiger partial charge on any atom is 0.318 e. The van der Waals surface area contributed by atoms with Gasteiger partial charge in [-0.05, 0) is 19.3 Å². The topological polar surface area (TPSA) is 69.6 Å². The van der Waals surface area contributed by atoms with Crippen LogP contribution in [0.5, 0.6) is 0 Å². The van der Waals surface area contributed by atoms with Gasteiger partial charge in [0.05, 0.1) is 12.0 Å². The molecule has 1 aliphatic heterocycles. The van der Waals surface area contributed by atoms with E-state index in [9.17, 15) is 14.7 Å². The third-order valence-electron chi connectivity index (χ3n) is 3.39. The first-order valence-electron chi connectivity index (χ1n) is 6.25. The number of piperidine rings is 1. The van der Waals surface area contributed by atoms with Crippen molar-refractivity contribution in [3.8, 4) is 12.3 Å². The van der Waals surface area contributed by atoms with Crippen LogP contribution >= 0.6 is 0 Å². The number of carboxylic acid groups (broad SMARTS) is 1. The second kappa shape index (κ2) is 6.29. The zero-order chi connectivity index (χ0) is 13.6. The fraction of sp³-hybridized carbons (Fsp3) is 0.692. The first kappa shape index (κ1) is 14.4. The average molecular weight is 252 g/mol. The molecule has 0 saturated carbocycles. The number of rotatable bonds is 4. The first-order valence-corrected chi connectivity index (χ1v) is 6.25. The van der Waals surface area contributed by atoms with E-state index in [4.69, 9.17) is 6.42 Å². The summed E-state index contributed by atoms with van der Waals surface area (Å²) in [6, 6.07) is -0.269. The molecule has 2 amide bonds. The van der Waals surface area contributed by atoms with Gasteiger partial charge in [-0.3, -0.25) is 4.79 Å². The summed E-state index contributed by atoms with van der Waals surface area (Å²) >= 11 is 0. The summed E-state index contributed by atoms with van der Waals surface area (Å²) in [6.07, 6.45) is 7.83. The lowest BCUT2D eigenvalue weighted by Crippen LogP contribution is -2.52. The Morgan fingerprint density at radius 2 is 2.28 bits per heavy atom. The Labute approximate surface area is 108 Å². The van der Waals surface area contributed by atoms with Crippen LogP contribution in [-0.4, -0.2) is 41.6 Å². The van der Waals surface area contributed by atoms with Crippen molar-refractivity contribution >= 4 is 12.0 Å². The van der Waals surface area contributed by atoms with E-state index < -0.39 is 11.4 Å². The van der Waals surface area contributed by atoms with Crippen molar-refractivity contribution in [3.05, 3.63) is 0 Å². The van der Waals surface area contributed by atoms with E-state index in [1.807, 2.05) is 6.92 Å². The van der Waals surface area contributed by atoms with Crippen molar-refractivity contribution in [1.29, 1.82) is 0 Å². The highest BCUT2D eigenvalue weighted by Crippen LogP contribution is 2.34. The van der Waals surface area contributed by atoms with E-state index in [-0.39, 0.29) is 19.1 Å². The summed E-state index contributed by atoms with van der Waals surface area (Å²) in [6.45, 7) is 2.99. The minimum atomic E-state index is -0.807. The van der Waals surface area contributed by atoms with Crippen molar-refractivity contribution in [2.45, 2.75) is 32.6 Å². The predicted octanol–water partition coefficient (Wildman–Crippen LogP) is 1.30. The molecule has 0 spiro atoms. The number of carbonyl (C=O) groups excluding carboxylic acids is 1. The first-order chi connectivity index (χ1) is 8.55. The molecular weight excluding hydrogens is 232 g/mol. The van der Waals surface area contributed by atoms with Crippen LogP contribution in [0, 0.1) is 17.8 Å². The third kappa shape index (κ3) is 3.16. The summed E-state index contributed by atoms with van der Waals surface area (Å²) in [4.78, 5) is 24.8. The van der Waals surface area contributed by atoms with Gasteiger partial charge in [-0.2, -0.15) is 0 Å². The van der Waals surface area contributed by atoms with Crippen LogP contribution in [0.25, 0.3) is 0 Å². The molecule has 5 nitrogen and oxygen atoms in total. The lowest BCUT2D eigenvalue weighted by molar-refractivity contribution is -0.152. The van der Waals surface area contributed by atoms with Gasteiger partial charge in [-0.1, -0.05) is 19.3 Å². The zero-order valence-electron chi connectivity index (χ0n) is 10.7. The molecule has 0 aromatic heterocycles. The lowest BCUT2D eigenvalue weighted by atomic mass is 9.76. The van der Waals surface area contributed by atoms with Crippen molar-refractivity contribution < 1.29 is 14.7 Å². The van der Waals surface area contributed by atoms with Crippen LogP contribution < -0.4 is 5.32 Å². The van der Waals surface area contributed by atoms with Crippen LogP contribution in [-0.2, 0) is 4.79 Å². The molecule has 1 aliphatic rings. The molecule has 100 valence electrons. The molecule has 0 radical (unpaired) electrons. The van der Waals surface area contributed by atoms with Crippen molar-refractivity contribution in [1.82, 2.24) is 10.2 Å². The summed E-state index contributed by atoms with van der Waals surface area (Å²) < 4.78 is 0. The molecule has 5 heteroatoms. The molecule has 1 heterocycles. The maximum absolute atomic E-state index is 11.8. The monoisotopic (exact) mass is 252 g/mol. The number of hydrogen-bond donors (Lipinski definition) is 2. The van der Waals surface area contributed by atoms with Gasteiger partial charge in [0.1, 0.15) is 0 Å². The Hall–Kier alpha value is -1.70. The molecule has 0 bridgehead atoms. The standard InChI is InChI=1S/C13H20N2O3/c1-3-6-13(11(16)17)7-5-9-15(10-13)12(18)14-8-4-2/h2H,3,5-10H2,1H3,(H,14,18)(H,16,17). The van der Waals surface area contributed by atoms with E-state index in [1.165, 1.54) is 0 Å². The fourth-order valence-electron chi connectivity index (χ4n) is 2.51. The number of nitrogens with zero attached hydrogens (tertiary/aromatic N) is 1. The molecule has 1 saturated heterocycles. The molecule has 18 heavy (non-hydrogen) atoms. The minimum absolute atomic E-state index is 0.170.